The molecule has 0 saturated heterocycles. The molecule has 20 heavy (non-hydrogen) atoms. The van der Waals surface area contributed by atoms with Crippen molar-refractivity contribution in [3.8, 4) is 0 Å². The smallest absolute Gasteiger partial charge is 0.305 e. The third-order valence-electron chi connectivity index (χ3n) is 3.25. The molecule has 0 fully saturated rings. The van der Waals surface area contributed by atoms with Gasteiger partial charge in [-0.25, -0.2) is 0 Å². The summed E-state index contributed by atoms with van der Waals surface area (Å²) in [5, 5.41) is 0. The first-order valence-electron chi connectivity index (χ1n) is 8.22. The molecule has 0 bridgehead atoms. The molecule has 0 aliphatic heterocycles. The predicted octanol–water partition coefficient (Wildman–Crippen LogP) is 5.58. The van der Waals surface area contributed by atoms with E-state index >= 15 is 0 Å². The monoisotopic (exact) mass is 280 g/mol. The van der Waals surface area contributed by atoms with E-state index in [4.69, 9.17) is 4.74 Å². The van der Waals surface area contributed by atoms with E-state index in [0.29, 0.717) is 13.0 Å². The Kier molecular flexibility index (Phi) is 15.2. The normalized spacial score (nSPS) is 10.8. The van der Waals surface area contributed by atoms with Crippen molar-refractivity contribution >= 4 is 5.97 Å². The van der Waals surface area contributed by atoms with Crippen LogP contribution in [0.4, 0.5) is 0 Å². The van der Waals surface area contributed by atoms with Gasteiger partial charge in [0.1, 0.15) is 0 Å². The van der Waals surface area contributed by atoms with Gasteiger partial charge in [-0.2, -0.15) is 0 Å². The first-order valence-corrected chi connectivity index (χ1v) is 8.22. The zero-order chi connectivity index (χ0) is 14.9. The maximum absolute atomic E-state index is 11.1. The lowest BCUT2D eigenvalue weighted by Gasteiger charge is -2.02. The highest BCUT2D eigenvalue weighted by Crippen LogP contribution is 2.09. The fourth-order valence-corrected chi connectivity index (χ4v) is 2.09. The number of hydrogen-bond acceptors (Lipinski definition) is 2. The summed E-state index contributed by atoms with van der Waals surface area (Å²) >= 11 is 0. The van der Waals surface area contributed by atoms with Crippen LogP contribution in [0.2, 0.25) is 0 Å². The summed E-state index contributed by atoms with van der Waals surface area (Å²) < 4.78 is 4.90. The molecule has 0 aromatic carbocycles. The second kappa shape index (κ2) is 16.0. The second-order valence-electron chi connectivity index (χ2n) is 5.16. The molecule has 0 saturated carbocycles. The van der Waals surface area contributed by atoms with E-state index in [1.807, 2.05) is 13.0 Å². The van der Waals surface area contributed by atoms with Gasteiger partial charge in [-0.3, -0.25) is 4.79 Å². The number of hydrogen-bond donors (Lipinski definition) is 0. The van der Waals surface area contributed by atoms with Crippen molar-refractivity contribution in [2.24, 2.45) is 0 Å². The van der Waals surface area contributed by atoms with Crippen LogP contribution in [0.1, 0.15) is 77.6 Å². The van der Waals surface area contributed by atoms with Crippen LogP contribution in [0, 0.1) is 0 Å². The average Bonchev–Trinajstić information content (AvgIpc) is 2.44. The number of esters is 1. The highest BCUT2D eigenvalue weighted by molar-refractivity contribution is 5.69. The SMILES string of the molecule is C=CCCC/C=C\CCCCCCCCC(=O)OCC. The van der Waals surface area contributed by atoms with Crippen molar-refractivity contribution in [2.75, 3.05) is 6.61 Å². The highest BCUT2D eigenvalue weighted by Gasteiger charge is 2.00. The summed E-state index contributed by atoms with van der Waals surface area (Å²) in [5.74, 6) is -0.0471. The lowest BCUT2D eigenvalue weighted by Crippen LogP contribution is -2.03. The first-order chi connectivity index (χ1) is 9.81. The number of allylic oxidation sites excluding steroid dienone is 3. The van der Waals surface area contributed by atoms with Gasteiger partial charge in [-0.1, -0.05) is 43.9 Å². The van der Waals surface area contributed by atoms with Crippen LogP contribution >= 0.6 is 0 Å². The Morgan fingerprint density at radius 2 is 1.50 bits per heavy atom. The molecule has 0 aliphatic rings. The number of carbonyl (C=O) groups excluding carboxylic acids is 1. The summed E-state index contributed by atoms with van der Waals surface area (Å²) in [6, 6.07) is 0. The van der Waals surface area contributed by atoms with Crippen LogP contribution < -0.4 is 0 Å². The molecular weight excluding hydrogens is 248 g/mol. The second-order valence-corrected chi connectivity index (χ2v) is 5.16. The Balaban J connectivity index is 3.13. The number of ether oxygens (including phenoxy) is 1. The first kappa shape index (κ1) is 18.9. The summed E-state index contributed by atoms with van der Waals surface area (Å²) in [6.45, 7) is 6.07. The van der Waals surface area contributed by atoms with Crippen LogP contribution in [0.5, 0.6) is 0 Å². The van der Waals surface area contributed by atoms with Crippen molar-refractivity contribution in [1.29, 1.82) is 0 Å². The molecule has 0 N–H and O–H groups in total. The fourth-order valence-electron chi connectivity index (χ4n) is 2.09. The zero-order valence-corrected chi connectivity index (χ0v) is 13.2. The van der Waals surface area contributed by atoms with Gasteiger partial charge in [0.25, 0.3) is 0 Å². The van der Waals surface area contributed by atoms with Crippen LogP contribution in [0.15, 0.2) is 24.8 Å². The van der Waals surface area contributed by atoms with Crippen LogP contribution in [0.25, 0.3) is 0 Å². The molecule has 0 aromatic rings. The molecule has 0 amide bonds. The Morgan fingerprint density at radius 1 is 0.900 bits per heavy atom. The van der Waals surface area contributed by atoms with Gasteiger partial charge >= 0.3 is 5.97 Å². The lowest BCUT2D eigenvalue weighted by atomic mass is 10.1. The Morgan fingerprint density at radius 3 is 2.15 bits per heavy atom. The van der Waals surface area contributed by atoms with Crippen LogP contribution in [0.3, 0.4) is 0 Å². The van der Waals surface area contributed by atoms with Crippen molar-refractivity contribution in [3.63, 3.8) is 0 Å². The molecule has 0 radical (unpaired) electrons. The van der Waals surface area contributed by atoms with Crippen molar-refractivity contribution in [3.05, 3.63) is 24.8 Å². The maximum atomic E-state index is 11.1. The maximum Gasteiger partial charge on any atom is 0.305 e. The molecule has 2 nitrogen and oxygen atoms in total. The topological polar surface area (TPSA) is 26.3 Å². The summed E-state index contributed by atoms with van der Waals surface area (Å²) in [5.41, 5.74) is 0. The van der Waals surface area contributed by atoms with Crippen molar-refractivity contribution in [1.82, 2.24) is 0 Å². The number of rotatable bonds is 14. The van der Waals surface area contributed by atoms with Gasteiger partial charge in [-0.15, -0.1) is 6.58 Å². The standard InChI is InChI=1S/C18H32O2/c1-3-5-6-7-8-9-10-11-12-13-14-15-16-17-18(19)20-4-2/h3,8-9H,1,4-7,10-17H2,2H3/b9-8-. The van der Waals surface area contributed by atoms with E-state index in [1.54, 1.807) is 0 Å². The molecule has 0 atom stereocenters. The van der Waals surface area contributed by atoms with Gasteiger partial charge in [0.15, 0.2) is 0 Å². The summed E-state index contributed by atoms with van der Waals surface area (Å²) in [7, 11) is 0. The van der Waals surface area contributed by atoms with E-state index in [-0.39, 0.29) is 5.97 Å². The van der Waals surface area contributed by atoms with Gasteiger partial charge in [-0.05, 0) is 45.4 Å². The molecule has 0 rings (SSSR count). The Hall–Kier alpha value is -1.05. The molecule has 116 valence electrons. The fraction of sp³-hybridized carbons (Fsp3) is 0.722. The van der Waals surface area contributed by atoms with Crippen LogP contribution in [-0.4, -0.2) is 12.6 Å². The van der Waals surface area contributed by atoms with Gasteiger partial charge in [0, 0.05) is 6.42 Å². The van der Waals surface area contributed by atoms with Crippen LogP contribution in [-0.2, 0) is 9.53 Å². The van der Waals surface area contributed by atoms with Gasteiger partial charge in [0.05, 0.1) is 6.61 Å². The molecule has 0 aromatic heterocycles. The number of carbonyl (C=O) groups is 1. The molecule has 0 spiro atoms. The zero-order valence-electron chi connectivity index (χ0n) is 13.2. The van der Waals surface area contributed by atoms with E-state index in [9.17, 15) is 4.79 Å². The van der Waals surface area contributed by atoms with Crippen molar-refractivity contribution < 1.29 is 9.53 Å². The minimum Gasteiger partial charge on any atom is -0.466 e. The average molecular weight is 280 g/mol. The lowest BCUT2D eigenvalue weighted by molar-refractivity contribution is -0.143. The Labute approximate surface area is 125 Å². The quantitative estimate of drug-likeness (QED) is 0.236. The summed E-state index contributed by atoms with van der Waals surface area (Å²) in [4.78, 5) is 11.1. The van der Waals surface area contributed by atoms with E-state index in [2.05, 4.69) is 18.7 Å². The molecule has 0 unspecified atom stereocenters. The van der Waals surface area contributed by atoms with Crippen molar-refractivity contribution in [2.45, 2.75) is 77.6 Å². The highest BCUT2D eigenvalue weighted by atomic mass is 16.5. The Bertz CT molecular complexity index is 256. The van der Waals surface area contributed by atoms with E-state index < -0.39 is 0 Å². The molecule has 2 heteroatoms. The third kappa shape index (κ3) is 15.0. The summed E-state index contributed by atoms with van der Waals surface area (Å²) in [6.07, 6.45) is 19.1. The van der Waals surface area contributed by atoms with E-state index in [1.165, 1.54) is 44.9 Å². The predicted molar refractivity (Wildman–Crippen MR) is 86.8 cm³/mol. The largest absolute Gasteiger partial charge is 0.466 e. The molecular formula is C18H32O2. The number of unbranched alkanes of at least 4 members (excludes halogenated alkanes) is 8. The molecule has 0 heterocycles. The van der Waals surface area contributed by atoms with Gasteiger partial charge < -0.3 is 4.74 Å². The molecule has 0 aliphatic carbocycles. The minimum atomic E-state index is -0.0471. The minimum absolute atomic E-state index is 0.0471. The van der Waals surface area contributed by atoms with Gasteiger partial charge in [0.2, 0.25) is 0 Å². The third-order valence-corrected chi connectivity index (χ3v) is 3.25. The van der Waals surface area contributed by atoms with E-state index in [0.717, 1.165) is 19.3 Å².